The Morgan fingerprint density at radius 3 is 2.56 bits per heavy atom. The molecule has 0 atom stereocenters. The molecule has 0 aliphatic rings. The van der Waals surface area contributed by atoms with E-state index in [-0.39, 0.29) is 5.97 Å². The van der Waals surface area contributed by atoms with E-state index in [1.807, 2.05) is 11.9 Å². The van der Waals surface area contributed by atoms with Gasteiger partial charge < -0.3 is 4.74 Å². The Morgan fingerprint density at radius 2 is 1.94 bits per heavy atom. The van der Waals surface area contributed by atoms with Crippen molar-refractivity contribution in [3.8, 4) is 0 Å². The van der Waals surface area contributed by atoms with Crippen LogP contribution in [0.25, 0.3) is 0 Å². The number of carbonyl (C=O) groups excluding carboxylic acids is 1. The van der Waals surface area contributed by atoms with Crippen LogP contribution in [0.3, 0.4) is 0 Å². The summed E-state index contributed by atoms with van der Waals surface area (Å²) < 4.78 is 5.13. The number of ether oxygens (including phenoxy) is 1. The first kappa shape index (κ1) is 14.7. The second-order valence-corrected chi connectivity index (χ2v) is 4.73. The van der Waals surface area contributed by atoms with Crippen LogP contribution in [0.1, 0.15) is 30.9 Å². The zero-order valence-corrected chi connectivity index (χ0v) is 11.6. The van der Waals surface area contributed by atoms with E-state index < -0.39 is 0 Å². The number of hydrogen-bond acceptors (Lipinski definition) is 3. The number of carbonyl (C=O) groups is 1. The molecule has 0 aliphatic carbocycles. The molecule has 1 aromatic carbocycles. The number of unbranched alkanes of at least 4 members (excludes halogenated alkanes) is 1. The molecule has 18 heavy (non-hydrogen) atoms. The molecule has 0 fully saturated rings. The topological polar surface area (TPSA) is 29.5 Å². The monoisotopic (exact) mass is 249 g/mol. The van der Waals surface area contributed by atoms with Crippen LogP contribution in [-0.2, 0) is 16.1 Å². The van der Waals surface area contributed by atoms with Gasteiger partial charge in [-0.3, -0.25) is 9.69 Å². The molecular weight excluding hydrogens is 226 g/mol. The number of benzene rings is 1. The zero-order chi connectivity index (χ0) is 13.4. The Balaban J connectivity index is 2.30. The number of nitrogens with zero attached hydrogens (tertiary/aromatic N) is 1. The molecule has 0 saturated carbocycles. The smallest absolute Gasteiger partial charge is 0.320 e. The third-order valence-corrected chi connectivity index (χ3v) is 2.73. The average Bonchev–Trinajstić information content (AvgIpc) is 2.32. The summed E-state index contributed by atoms with van der Waals surface area (Å²) in [4.78, 5) is 13.5. The first-order chi connectivity index (χ1) is 8.61. The van der Waals surface area contributed by atoms with Crippen molar-refractivity contribution in [3.05, 3.63) is 35.4 Å². The summed E-state index contributed by atoms with van der Waals surface area (Å²) in [7, 11) is 1.93. The Morgan fingerprint density at radius 1 is 1.28 bits per heavy atom. The molecule has 0 saturated heterocycles. The van der Waals surface area contributed by atoms with Gasteiger partial charge in [0.1, 0.15) is 0 Å². The Kier molecular flexibility index (Phi) is 6.44. The third kappa shape index (κ3) is 5.82. The molecule has 1 rings (SSSR count). The van der Waals surface area contributed by atoms with Crippen molar-refractivity contribution in [2.45, 2.75) is 33.2 Å². The number of rotatable bonds is 7. The van der Waals surface area contributed by atoms with Crippen LogP contribution >= 0.6 is 0 Å². The van der Waals surface area contributed by atoms with Gasteiger partial charge in [-0.25, -0.2) is 0 Å². The minimum Gasteiger partial charge on any atom is -0.465 e. The fourth-order valence-electron chi connectivity index (χ4n) is 1.66. The normalized spacial score (nSPS) is 10.7. The average molecular weight is 249 g/mol. The molecule has 3 nitrogen and oxygen atoms in total. The maximum absolute atomic E-state index is 11.5. The van der Waals surface area contributed by atoms with Gasteiger partial charge >= 0.3 is 5.97 Å². The molecule has 0 radical (unpaired) electrons. The lowest BCUT2D eigenvalue weighted by Crippen LogP contribution is -2.27. The van der Waals surface area contributed by atoms with Gasteiger partial charge in [0.15, 0.2) is 0 Å². The van der Waals surface area contributed by atoms with Gasteiger partial charge in [0, 0.05) is 6.54 Å². The highest BCUT2D eigenvalue weighted by Gasteiger charge is 2.07. The first-order valence-electron chi connectivity index (χ1n) is 6.51. The highest BCUT2D eigenvalue weighted by molar-refractivity contribution is 5.71. The van der Waals surface area contributed by atoms with Crippen molar-refractivity contribution >= 4 is 5.97 Å². The van der Waals surface area contributed by atoms with Crippen LogP contribution in [0.15, 0.2) is 24.3 Å². The van der Waals surface area contributed by atoms with E-state index in [2.05, 4.69) is 38.1 Å². The van der Waals surface area contributed by atoms with Crippen molar-refractivity contribution in [1.29, 1.82) is 0 Å². The van der Waals surface area contributed by atoms with Gasteiger partial charge in [-0.1, -0.05) is 43.2 Å². The number of hydrogen-bond donors (Lipinski definition) is 0. The predicted octanol–water partition coefficient (Wildman–Crippen LogP) is 2.77. The molecule has 0 N–H and O–H groups in total. The van der Waals surface area contributed by atoms with E-state index in [4.69, 9.17) is 4.74 Å². The molecule has 0 spiro atoms. The maximum Gasteiger partial charge on any atom is 0.320 e. The molecule has 1 aromatic rings. The summed E-state index contributed by atoms with van der Waals surface area (Å²) >= 11 is 0. The van der Waals surface area contributed by atoms with Crippen molar-refractivity contribution in [1.82, 2.24) is 4.90 Å². The second kappa shape index (κ2) is 7.88. The molecule has 3 heteroatoms. The Bertz CT molecular complexity index is 359. The van der Waals surface area contributed by atoms with Crippen LogP contribution in [0.2, 0.25) is 0 Å². The van der Waals surface area contributed by atoms with Crippen LogP contribution < -0.4 is 0 Å². The standard InChI is InChI=1S/C15H23NO2/c1-4-5-10-18-15(17)12-16(3)11-14-8-6-13(2)7-9-14/h6-9H,4-5,10-12H2,1-3H3. The first-order valence-corrected chi connectivity index (χ1v) is 6.51. The maximum atomic E-state index is 11.5. The van der Waals surface area contributed by atoms with E-state index in [1.54, 1.807) is 0 Å². The molecule has 0 aromatic heterocycles. The molecular formula is C15H23NO2. The van der Waals surface area contributed by atoms with Crippen molar-refractivity contribution < 1.29 is 9.53 Å². The summed E-state index contributed by atoms with van der Waals surface area (Å²) in [6, 6.07) is 8.36. The summed E-state index contributed by atoms with van der Waals surface area (Å²) in [5.74, 6) is -0.141. The molecule has 100 valence electrons. The Hall–Kier alpha value is -1.35. The van der Waals surface area contributed by atoms with Gasteiger partial charge in [0.25, 0.3) is 0 Å². The van der Waals surface area contributed by atoms with Gasteiger partial charge in [-0.05, 0) is 26.0 Å². The predicted molar refractivity (Wildman–Crippen MR) is 73.4 cm³/mol. The van der Waals surface area contributed by atoms with E-state index >= 15 is 0 Å². The van der Waals surface area contributed by atoms with Crippen molar-refractivity contribution in [2.75, 3.05) is 20.2 Å². The largest absolute Gasteiger partial charge is 0.465 e. The lowest BCUT2D eigenvalue weighted by atomic mass is 10.1. The Labute approximate surface area is 110 Å². The highest BCUT2D eigenvalue weighted by atomic mass is 16.5. The third-order valence-electron chi connectivity index (χ3n) is 2.73. The molecule has 0 amide bonds. The van der Waals surface area contributed by atoms with Crippen LogP contribution in [-0.4, -0.2) is 31.1 Å². The number of likely N-dealkylation sites (N-methyl/N-ethyl adjacent to an activating group) is 1. The molecule has 0 heterocycles. The highest BCUT2D eigenvalue weighted by Crippen LogP contribution is 2.05. The van der Waals surface area contributed by atoms with Crippen molar-refractivity contribution in [2.24, 2.45) is 0 Å². The summed E-state index contributed by atoms with van der Waals surface area (Å²) in [5, 5.41) is 0. The minimum absolute atomic E-state index is 0.141. The zero-order valence-electron chi connectivity index (χ0n) is 11.6. The minimum atomic E-state index is -0.141. The fourth-order valence-corrected chi connectivity index (χ4v) is 1.66. The summed E-state index contributed by atoms with van der Waals surface area (Å²) in [6.07, 6.45) is 1.99. The lowest BCUT2D eigenvalue weighted by Gasteiger charge is -2.15. The number of aryl methyl sites for hydroxylation is 1. The van der Waals surface area contributed by atoms with E-state index in [1.165, 1.54) is 11.1 Å². The lowest BCUT2D eigenvalue weighted by molar-refractivity contribution is -0.144. The van der Waals surface area contributed by atoms with Gasteiger partial charge in [-0.15, -0.1) is 0 Å². The summed E-state index contributed by atoms with van der Waals surface area (Å²) in [5.41, 5.74) is 2.46. The summed E-state index contributed by atoms with van der Waals surface area (Å²) in [6.45, 7) is 5.80. The van der Waals surface area contributed by atoms with Crippen LogP contribution in [0, 0.1) is 6.92 Å². The van der Waals surface area contributed by atoms with Crippen molar-refractivity contribution in [3.63, 3.8) is 0 Å². The van der Waals surface area contributed by atoms with Crippen LogP contribution in [0.5, 0.6) is 0 Å². The molecule has 0 aliphatic heterocycles. The molecule has 0 bridgehead atoms. The SMILES string of the molecule is CCCCOC(=O)CN(C)Cc1ccc(C)cc1. The number of esters is 1. The van der Waals surface area contributed by atoms with Crippen LogP contribution in [0.4, 0.5) is 0 Å². The molecule has 0 unspecified atom stereocenters. The second-order valence-electron chi connectivity index (χ2n) is 4.73. The fraction of sp³-hybridized carbons (Fsp3) is 0.533. The van der Waals surface area contributed by atoms with E-state index in [0.717, 1.165) is 19.4 Å². The van der Waals surface area contributed by atoms with Gasteiger partial charge in [-0.2, -0.15) is 0 Å². The quantitative estimate of drug-likeness (QED) is 0.549. The van der Waals surface area contributed by atoms with Gasteiger partial charge in [0.05, 0.1) is 13.2 Å². The van der Waals surface area contributed by atoms with E-state index in [0.29, 0.717) is 13.2 Å². The van der Waals surface area contributed by atoms with E-state index in [9.17, 15) is 4.79 Å². The van der Waals surface area contributed by atoms with Gasteiger partial charge in [0.2, 0.25) is 0 Å².